The summed E-state index contributed by atoms with van der Waals surface area (Å²) in [7, 11) is 0. The molecule has 13 aromatic rings. The van der Waals surface area contributed by atoms with Crippen molar-refractivity contribution in [1.29, 1.82) is 0 Å². The number of hydrogen-bond acceptors (Lipinski definition) is 4. The van der Waals surface area contributed by atoms with Gasteiger partial charge in [0.25, 0.3) is 0 Å². The van der Waals surface area contributed by atoms with Gasteiger partial charge in [-0.1, -0.05) is 121 Å². The van der Waals surface area contributed by atoms with Crippen LogP contribution in [0.5, 0.6) is 0 Å². The van der Waals surface area contributed by atoms with Crippen molar-refractivity contribution in [2.45, 2.75) is 0 Å². The Labute approximate surface area is 361 Å². The lowest BCUT2D eigenvalue weighted by atomic mass is 10.0. The predicted molar refractivity (Wildman–Crippen MR) is 258 cm³/mol. The highest BCUT2D eigenvalue weighted by molar-refractivity contribution is 6.13. The molecule has 0 saturated heterocycles. The van der Waals surface area contributed by atoms with E-state index < -0.39 is 0 Å². The molecule has 0 amide bonds. The van der Waals surface area contributed by atoms with Crippen LogP contribution in [0.25, 0.3) is 122 Å². The van der Waals surface area contributed by atoms with Crippen molar-refractivity contribution >= 4 is 65.7 Å². The van der Waals surface area contributed by atoms with Crippen molar-refractivity contribution in [2.24, 2.45) is 0 Å². The van der Waals surface area contributed by atoms with E-state index >= 15 is 0 Å². The molecule has 6 heterocycles. The van der Waals surface area contributed by atoms with Gasteiger partial charge in [-0.25, -0.2) is 4.98 Å². The number of nitrogens with zero attached hydrogens (tertiary/aromatic N) is 5. The maximum atomic E-state index is 6.08. The number of fused-ring (bicyclic) bond motifs is 9. The van der Waals surface area contributed by atoms with Gasteiger partial charge < -0.3 is 13.6 Å². The highest BCUT2D eigenvalue weighted by atomic mass is 16.3. The van der Waals surface area contributed by atoms with E-state index in [9.17, 15) is 0 Å². The Kier molecular flexibility index (Phi) is 7.80. The van der Waals surface area contributed by atoms with Crippen LogP contribution in [0, 0.1) is 0 Å². The van der Waals surface area contributed by atoms with Crippen molar-refractivity contribution < 1.29 is 4.42 Å². The molecule has 0 saturated carbocycles. The number of rotatable bonds is 6. The maximum absolute atomic E-state index is 6.08. The fourth-order valence-corrected chi connectivity index (χ4v) is 9.50. The van der Waals surface area contributed by atoms with Gasteiger partial charge in [0.05, 0.1) is 51.0 Å². The SMILES string of the molecule is c1ccc(-c2cc(-n3c4ccccc4c4ccc(-c5ccc6c(c5)c5ccccc5n6-c5cncc(-c6ccc7oc8cccnc8c7c6)c5)cc43)cc(-c3ccccc3)n2)cc1. The highest BCUT2D eigenvalue weighted by Crippen LogP contribution is 2.40. The second kappa shape index (κ2) is 14.0. The topological polar surface area (TPSA) is 61.7 Å². The van der Waals surface area contributed by atoms with Crippen molar-refractivity contribution in [3.05, 3.63) is 213 Å². The van der Waals surface area contributed by atoms with Gasteiger partial charge >= 0.3 is 0 Å². The molecule has 0 unspecified atom stereocenters. The smallest absolute Gasteiger partial charge is 0.153 e. The average Bonchev–Trinajstić information content (AvgIpc) is 4.01. The van der Waals surface area contributed by atoms with E-state index in [0.717, 1.165) is 100 Å². The van der Waals surface area contributed by atoms with Gasteiger partial charge in [-0.2, -0.15) is 0 Å². The van der Waals surface area contributed by atoms with Crippen molar-refractivity contribution in [1.82, 2.24) is 24.1 Å². The minimum atomic E-state index is 0.784. The van der Waals surface area contributed by atoms with Crippen LogP contribution < -0.4 is 0 Å². The molecule has 294 valence electrons. The van der Waals surface area contributed by atoms with Crippen LogP contribution in [-0.2, 0) is 0 Å². The maximum Gasteiger partial charge on any atom is 0.153 e. The first kappa shape index (κ1) is 35.2. The number of hydrogen-bond donors (Lipinski definition) is 0. The molecular weight excluding hydrogens is 771 g/mol. The first-order valence-electron chi connectivity index (χ1n) is 21.2. The first-order valence-corrected chi connectivity index (χ1v) is 21.2. The average molecular weight is 806 g/mol. The monoisotopic (exact) mass is 805 g/mol. The summed E-state index contributed by atoms with van der Waals surface area (Å²) in [6.45, 7) is 0. The summed E-state index contributed by atoms with van der Waals surface area (Å²) in [6, 6.07) is 68.8. The molecule has 0 bridgehead atoms. The van der Waals surface area contributed by atoms with Crippen molar-refractivity contribution in [2.75, 3.05) is 0 Å². The Balaban J connectivity index is 0.961. The van der Waals surface area contributed by atoms with Crippen LogP contribution >= 0.6 is 0 Å². The van der Waals surface area contributed by atoms with Crippen LogP contribution in [0.4, 0.5) is 0 Å². The molecule has 0 atom stereocenters. The lowest BCUT2D eigenvalue weighted by Gasteiger charge is -2.14. The van der Waals surface area contributed by atoms with E-state index in [4.69, 9.17) is 14.4 Å². The summed E-state index contributed by atoms with van der Waals surface area (Å²) in [5, 5.41) is 5.77. The van der Waals surface area contributed by atoms with Gasteiger partial charge in [0.15, 0.2) is 5.58 Å². The van der Waals surface area contributed by atoms with E-state index in [0.29, 0.717) is 0 Å². The number of para-hydroxylation sites is 2. The highest BCUT2D eigenvalue weighted by Gasteiger charge is 2.19. The van der Waals surface area contributed by atoms with Crippen LogP contribution in [0.15, 0.2) is 217 Å². The van der Waals surface area contributed by atoms with E-state index in [2.05, 4.69) is 178 Å². The minimum absolute atomic E-state index is 0.784. The normalized spacial score (nSPS) is 11.8. The molecule has 0 aliphatic heterocycles. The molecule has 0 spiro atoms. The molecule has 13 rings (SSSR count). The summed E-state index contributed by atoms with van der Waals surface area (Å²) >= 11 is 0. The van der Waals surface area contributed by atoms with Crippen molar-refractivity contribution in [3.63, 3.8) is 0 Å². The Morgan fingerprint density at radius 1 is 0.349 bits per heavy atom. The second-order valence-electron chi connectivity index (χ2n) is 16.1. The fraction of sp³-hybridized carbons (Fsp3) is 0. The summed E-state index contributed by atoms with van der Waals surface area (Å²) in [5.74, 6) is 0. The number of pyridine rings is 3. The Hall–Kier alpha value is -8.61. The lowest BCUT2D eigenvalue weighted by molar-refractivity contribution is 0.668. The zero-order valence-corrected chi connectivity index (χ0v) is 33.9. The zero-order chi connectivity index (χ0) is 41.4. The number of benzene rings is 7. The van der Waals surface area contributed by atoms with Crippen LogP contribution in [0.2, 0.25) is 0 Å². The predicted octanol–water partition coefficient (Wildman–Crippen LogP) is 14.6. The molecule has 63 heavy (non-hydrogen) atoms. The van der Waals surface area contributed by atoms with E-state index in [-0.39, 0.29) is 0 Å². The molecular formula is C57H35N5O. The number of furan rings is 1. The molecule has 6 aromatic heterocycles. The van der Waals surface area contributed by atoms with Gasteiger partial charge in [0, 0.05) is 56.0 Å². The van der Waals surface area contributed by atoms with Gasteiger partial charge in [-0.3, -0.25) is 9.97 Å². The second-order valence-corrected chi connectivity index (χ2v) is 16.1. The Morgan fingerprint density at radius 2 is 0.937 bits per heavy atom. The molecule has 0 radical (unpaired) electrons. The quantitative estimate of drug-likeness (QED) is 0.168. The minimum Gasteiger partial charge on any atom is -0.454 e. The number of aromatic nitrogens is 5. The van der Waals surface area contributed by atoms with Gasteiger partial charge in [-0.05, 0) is 89.5 Å². The van der Waals surface area contributed by atoms with Crippen LogP contribution in [0.3, 0.4) is 0 Å². The fourth-order valence-electron chi connectivity index (χ4n) is 9.50. The lowest BCUT2D eigenvalue weighted by Crippen LogP contribution is -1.98. The van der Waals surface area contributed by atoms with Crippen LogP contribution in [0.1, 0.15) is 0 Å². The van der Waals surface area contributed by atoms with E-state index in [1.165, 1.54) is 21.5 Å². The standard InChI is InChI=1S/C57H35N5O/c1-3-12-36(13-4-1)49-32-42(33-50(60-49)37-14-5-2-6-15-37)61-51-18-9-7-16-44(51)46-24-21-40(31-54(46)61)38-22-25-53-47(29-38)45-17-8-10-19-52(45)62(53)43-28-41(34-58-35-43)39-23-26-55-48(30-39)57-56(63-55)20-11-27-59-57/h1-35H. The van der Waals surface area contributed by atoms with E-state index in [1.807, 2.05) is 48.9 Å². The van der Waals surface area contributed by atoms with Gasteiger partial charge in [0.1, 0.15) is 11.1 Å². The largest absolute Gasteiger partial charge is 0.454 e. The zero-order valence-electron chi connectivity index (χ0n) is 33.9. The third-order valence-corrected chi connectivity index (χ3v) is 12.4. The first-order chi connectivity index (χ1) is 31.2. The molecule has 6 nitrogen and oxygen atoms in total. The Bertz CT molecular complexity index is 3860. The van der Waals surface area contributed by atoms with Crippen LogP contribution in [-0.4, -0.2) is 24.1 Å². The molecule has 0 aliphatic rings. The summed E-state index contributed by atoms with van der Waals surface area (Å²) < 4.78 is 10.8. The molecule has 0 fully saturated rings. The summed E-state index contributed by atoms with van der Waals surface area (Å²) in [4.78, 5) is 14.6. The molecule has 6 heteroatoms. The van der Waals surface area contributed by atoms with E-state index in [1.54, 1.807) is 0 Å². The van der Waals surface area contributed by atoms with Gasteiger partial charge in [-0.15, -0.1) is 0 Å². The summed E-state index contributed by atoms with van der Waals surface area (Å²) in [5.41, 5.74) is 17.5. The van der Waals surface area contributed by atoms with Crippen molar-refractivity contribution in [3.8, 4) is 56.1 Å². The summed E-state index contributed by atoms with van der Waals surface area (Å²) in [6.07, 6.45) is 5.69. The molecule has 0 aliphatic carbocycles. The third-order valence-electron chi connectivity index (χ3n) is 12.4. The Morgan fingerprint density at radius 3 is 1.70 bits per heavy atom. The van der Waals surface area contributed by atoms with Gasteiger partial charge in [0.2, 0.25) is 0 Å². The molecule has 0 N–H and O–H groups in total. The third kappa shape index (κ3) is 5.69. The molecule has 7 aromatic carbocycles.